The highest BCUT2D eigenvalue weighted by atomic mass is 16.2. The van der Waals surface area contributed by atoms with Crippen molar-refractivity contribution in [1.82, 2.24) is 15.3 Å². The van der Waals surface area contributed by atoms with Gasteiger partial charge in [0, 0.05) is 12.1 Å². The largest absolute Gasteiger partial charge is 0.369 e. The minimum absolute atomic E-state index is 0.173. The lowest BCUT2D eigenvalue weighted by Crippen LogP contribution is -2.45. The zero-order valence-electron chi connectivity index (χ0n) is 11.6. The third-order valence-electron chi connectivity index (χ3n) is 3.20. The molecule has 1 aromatic heterocycles. The van der Waals surface area contributed by atoms with Crippen LogP contribution in [-0.2, 0) is 0 Å². The fraction of sp³-hybridized carbons (Fsp3) is 0.615. The van der Waals surface area contributed by atoms with E-state index in [1.165, 1.54) is 6.20 Å². The molecule has 1 rings (SSSR count). The van der Waals surface area contributed by atoms with Gasteiger partial charge in [0.1, 0.15) is 11.5 Å². The topological polar surface area (TPSA) is 66.9 Å². The molecule has 0 aliphatic heterocycles. The van der Waals surface area contributed by atoms with E-state index >= 15 is 0 Å². The average Bonchev–Trinajstić information content (AvgIpc) is 2.39. The molecular formula is C13H22N4O. The maximum atomic E-state index is 12.1. The first-order valence-electron chi connectivity index (χ1n) is 6.43. The van der Waals surface area contributed by atoms with Crippen LogP contribution in [0.3, 0.4) is 0 Å². The van der Waals surface area contributed by atoms with Crippen molar-refractivity contribution < 1.29 is 4.79 Å². The number of amides is 1. The lowest BCUT2D eigenvalue weighted by molar-refractivity contribution is 0.0895. The minimum atomic E-state index is -0.188. The SMILES string of the molecule is CCNc1cncc(C(=O)NC(C)(CC)CC)n1. The Hall–Kier alpha value is -1.65. The molecule has 1 heterocycles. The maximum Gasteiger partial charge on any atom is 0.271 e. The van der Waals surface area contributed by atoms with Crippen molar-refractivity contribution in [2.24, 2.45) is 0 Å². The van der Waals surface area contributed by atoms with E-state index in [9.17, 15) is 4.79 Å². The Morgan fingerprint density at radius 3 is 2.50 bits per heavy atom. The Morgan fingerprint density at radius 2 is 1.94 bits per heavy atom. The number of rotatable bonds is 6. The first kappa shape index (κ1) is 14.4. The van der Waals surface area contributed by atoms with E-state index < -0.39 is 0 Å². The van der Waals surface area contributed by atoms with E-state index in [1.54, 1.807) is 6.20 Å². The van der Waals surface area contributed by atoms with Gasteiger partial charge in [-0.05, 0) is 26.7 Å². The molecule has 0 atom stereocenters. The fourth-order valence-corrected chi connectivity index (χ4v) is 1.51. The van der Waals surface area contributed by atoms with Gasteiger partial charge in [0.2, 0.25) is 0 Å². The summed E-state index contributed by atoms with van der Waals surface area (Å²) in [4.78, 5) is 20.3. The fourth-order valence-electron chi connectivity index (χ4n) is 1.51. The highest BCUT2D eigenvalue weighted by molar-refractivity contribution is 5.92. The van der Waals surface area contributed by atoms with Gasteiger partial charge >= 0.3 is 0 Å². The second-order valence-corrected chi connectivity index (χ2v) is 4.54. The average molecular weight is 250 g/mol. The number of anilines is 1. The number of nitrogens with one attached hydrogen (secondary N) is 2. The Labute approximate surface area is 108 Å². The van der Waals surface area contributed by atoms with E-state index in [-0.39, 0.29) is 11.4 Å². The number of hydrogen-bond donors (Lipinski definition) is 2. The van der Waals surface area contributed by atoms with Gasteiger partial charge in [-0.25, -0.2) is 4.98 Å². The van der Waals surface area contributed by atoms with Gasteiger partial charge in [0.05, 0.1) is 12.4 Å². The standard InChI is InChI=1S/C13H22N4O/c1-5-13(4,6-2)17-12(18)10-8-14-9-11(16-10)15-7-3/h8-9H,5-7H2,1-4H3,(H,15,16)(H,17,18). The molecular weight excluding hydrogens is 228 g/mol. The summed E-state index contributed by atoms with van der Waals surface area (Å²) in [5.41, 5.74) is 0.161. The van der Waals surface area contributed by atoms with Crippen molar-refractivity contribution >= 4 is 11.7 Å². The summed E-state index contributed by atoms with van der Waals surface area (Å²) >= 11 is 0. The molecule has 0 unspecified atom stereocenters. The van der Waals surface area contributed by atoms with Crippen molar-refractivity contribution in [2.45, 2.75) is 46.1 Å². The minimum Gasteiger partial charge on any atom is -0.369 e. The third kappa shape index (κ3) is 3.68. The van der Waals surface area contributed by atoms with E-state index in [0.717, 1.165) is 19.4 Å². The van der Waals surface area contributed by atoms with Crippen molar-refractivity contribution in [3.05, 3.63) is 18.1 Å². The molecule has 0 aromatic carbocycles. The van der Waals surface area contributed by atoms with Gasteiger partial charge < -0.3 is 10.6 Å². The van der Waals surface area contributed by atoms with Gasteiger partial charge in [0.15, 0.2) is 0 Å². The third-order valence-corrected chi connectivity index (χ3v) is 3.20. The number of nitrogens with zero attached hydrogens (tertiary/aromatic N) is 2. The van der Waals surface area contributed by atoms with Gasteiger partial charge in [-0.2, -0.15) is 0 Å². The summed E-state index contributed by atoms with van der Waals surface area (Å²) in [6.07, 6.45) is 4.87. The van der Waals surface area contributed by atoms with Crippen molar-refractivity contribution in [2.75, 3.05) is 11.9 Å². The first-order valence-corrected chi connectivity index (χ1v) is 6.43. The first-order chi connectivity index (χ1) is 8.54. The zero-order chi connectivity index (χ0) is 13.6. The second kappa shape index (κ2) is 6.33. The van der Waals surface area contributed by atoms with Crippen molar-refractivity contribution in [3.63, 3.8) is 0 Å². The molecule has 0 saturated carbocycles. The van der Waals surface area contributed by atoms with Crippen LogP contribution >= 0.6 is 0 Å². The highest BCUT2D eigenvalue weighted by Crippen LogP contribution is 2.14. The van der Waals surface area contributed by atoms with Gasteiger partial charge in [-0.15, -0.1) is 0 Å². The molecule has 0 fully saturated rings. The molecule has 0 saturated heterocycles. The van der Waals surface area contributed by atoms with Gasteiger partial charge in [0.25, 0.3) is 5.91 Å². The summed E-state index contributed by atoms with van der Waals surface area (Å²) in [6.45, 7) is 8.88. The lowest BCUT2D eigenvalue weighted by Gasteiger charge is -2.27. The Morgan fingerprint density at radius 1 is 1.28 bits per heavy atom. The maximum absolute atomic E-state index is 12.1. The quantitative estimate of drug-likeness (QED) is 0.812. The Kier molecular flexibility index (Phi) is 5.07. The predicted octanol–water partition coefficient (Wildman–Crippen LogP) is 2.22. The van der Waals surface area contributed by atoms with Crippen LogP contribution in [0.2, 0.25) is 0 Å². The normalized spacial score (nSPS) is 11.1. The Balaban J connectivity index is 2.81. The molecule has 0 spiro atoms. The van der Waals surface area contributed by atoms with E-state index in [4.69, 9.17) is 0 Å². The molecule has 5 heteroatoms. The van der Waals surface area contributed by atoms with Crippen LogP contribution in [0.1, 0.15) is 51.0 Å². The van der Waals surface area contributed by atoms with Crippen LogP contribution in [-0.4, -0.2) is 28.0 Å². The molecule has 0 aliphatic rings. The molecule has 5 nitrogen and oxygen atoms in total. The molecule has 0 bridgehead atoms. The summed E-state index contributed by atoms with van der Waals surface area (Å²) in [6, 6.07) is 0. The summed E-state index contributed by atoms with van der Waals surface area (Å²) in [7, 11) is 0. The smallest absolute Gasteiger partial charge is 0.271 e. The monoisotopic (exact) mass is 250 g/mol. The van der Waals surface area contributed by atoms with Gasteiger partial charge in [-0.3, -0.25) is 9.78 Å². The summed E-state index contributed by atoms with van der Waals surface area (Å²) < 4.78 is 0. The molecule has 100 valence electrons. The van der Waals surface area contributed by atoms with E-state index in [1.807, 2.05) is 13.8 Å². The summed E-state index contributed by atoms with van der Waals surface area (Å²) in [5.74, 6) is 0.452. The van der Waals surface area contributed by atoms with Crippen molar-refractivity contribution in [3.8, 4) is 0 Å². The molecule has 2 N–H and O–H groups in total. The zero-order valence-corrected chi connectivity index (χ0v) is 11.6. The predicted molar refractivity (Wildman–Crippen MR) is 72.6 cm³/mol. The lowest BCUT2D eigenvalue weighted by atomic mass is 9.95. The number of aromatic nitrogens is 2. The summed E-state index contributed by atoms with van der Waals surface area (Å²) in [5, 5.41) is 6.05. The number of carbonyl (C=O) groups is 1. The van der Waals surface area contributed by atoms with Crippen LogP contribution in [0.25, 0.3) is 0 Å². The highest BCUT2D eigenvalue weighted by Gasteiger charge is 2.23. The van der Waals surface area contributed by atoms with Crippen LogP contribution in [0.4, 0.5) is 5.82 Å². The molecule has 1 amide bonds. The van der Waals surface area contributed by atoms with Crippen molar-refractivity contribution in [1.29, 1.82) is 0 Å². The molecule has 1 aromatic rings. The van der Waals surface area contributed by atoms with Crippen LogP contribution in [0.5, 0.6) is 0 Å². The van der Waals surface area contributed by atoms with Crippen LogP contribution in [0.15, 0.2) is 12.4 Å². The molecule has 0 aliphatic carbocycles. The second-order valence-electron chi connectivity index (χ2n) is 4.54. The Bertz CT molecular complexity index is 402. The molecule has 18 heavy (non-hydrogen) atoms. The van der Waals surface area contributed by atoms with Gasteiger partial charge in [-0.1, -0.05) is 13.8 Å². The number of carbonyl (C=O) groups excluding carboxylic acids is 1. The van der Waals surface area contributed by atoms with Crippen LogP contribution < -0.4 is 10.6 Å². The number of hydrogen-bond acceptors (Lipinski definition) is 4. The molecule has 0 radical (unpaired) electrons. The van der Waals surface area contributed by atoms with Crippen LogP contribution in [0, 0.1) is 0 Å². The van der Waals surface area contributed by atoms with E-state index in [0.29, 0.717) is 11.5 Å². The van der Waals surface area contributed by atoms with E-state index in [2.05, 4.69) is 34.4 Å².